The summed E-state index contributed by atoms with van der Waals surface area (Å²) in [6.45, 7) is 0. The number of ether oxygens (including phenoxy) is 2. The van der Waals surface area contributed by atoms with E-state index < -0.39 is 0 Å². The Morgan fingerprint density at radius 2 is 1.95 bits per heavy atom. The summed E-state index contributed by atoms with van der Waals surface area (Å²) in [5, 5.41) is 8.53. The molecule has 0 aliphatic carbocycles. The van der Waals surface area contributed by atoms with Crippen molar-refractivity contribution >= 4 is 12.0 Å². The Hall–Kier alpha value is -3.06. The van der Waals surface area contributed by atoms with E-state index in [1.54, 1.807) is 24.3 Å². The van der Waals surface area contributed by atoms with Gasteiger partial charge in [-0.25, -0.2) is 0 Å². The summed E-state index contributed by atoms with van der Waals surface area (Å²) in [6.07, 6.45) is 3.22. The molecule has 0 atom stereocenters. The van der Waals surface area contributed by atoms with Crippen LogP contribution in [0.15, 0.2) is 54.6 Å². The van der Waals surface area contributed by atoms with Crippen molar-refractivity contribution in [3.05, 3.63) is 65.7 Å². The first-order chi connectivity index (χ1) is 10.7. The van der Waals surface area contributed by atoms with E-state index in [2.05, 4.69) is 0 Å². The molecule has 22 heavy (non-hydrogen) atoms. The van der Waals surface area contributed by atoms with Gasteiger partial charge in [0.15, 0.2) is 11.5 Å². The number of carbonyl (C=O) groups excluding carboxylic acids is 1. The van der Waals surface area contributed by atoms with Gasteiger partial charge in [0.1, 0.15) is 0 Å². The van der Waals surface area contributed by atoms with E-state index in [9.17, 15) is 4.79 Å². The Labute approximate surface area is 129 Å². The molecular formula is C18H15NO3. The van der Waals surface area contributed by atoms with E-state index in [0.717, 1.165) is 11.1 Å². The SMILES string of the molecule is COc1cc(/C=C\C#N)ccc1OC(=O)Cc1ccccc1. The van der Waals surface area contributed by atoms with Gasteiger partial charge >= 0.3 is 5.97 Å². The number of nitrogens with zero attached hydrogens (tertiary/aromatic N) is 1. The molecular weight excluding hydrogens is 278 g/mol. The van der Waals surface area contributed by atoms with Crippen molar-refractivity contribution in [1.82, 2.24) is 0 Å². The summed E-state index contributed by atoms with van der Waals surface area (Å²) < 4.78 is 10.6. The lowest BCUT2D eigenvalue weighted by Crippen LogP contribution is -2.11. The molecule has 0 fully saturated rings. The molecule has 4 nitrogen and oxygen atoms in total. The summed E-state index contributed by atoms with van der Waals surface area (Å²) in [5.74, 6) is 0.448. The number of rotatable bonds is 5. The molecule has 0 heterocycles. The zero-order valence-electron chi connectivity index (χ0n) is 12.2. The van der Waals surface area contributed by atoms with Gasteiger partial charge in [-0.05, 0) is 29.3 Å². The second-order valence-corrected chi connectivity index (χ2v) is 4.51. The molecule has 0 saturated carbocycles. The second kappa shape index (κ2) is 7.65. The predicted molar refractivity (Wildman–Crippen MR) is 83.4 cm³/mol. The minimum absolute atomic E-state index is 0.195. The summed E-state index contributed by atoms with van der Waals surface area (Å²) in [5.41, 5.74) is 1.68. The molecule has 0 radical (unpaired) electrons. The highest BCUT2D eigenvalue weighted by molar-refractivity contribution is 5.76. The highest BCUT2D eigenvalue weighted by Gasteiger charge is 2.11. The molecule has 0 aliphatic rings. The molecule has 2 aromatic carbocycles. The molecule has 2 aromatic rings. The highest BCUT2D eigenvalue weighted by Crippen LogP contribution is 2.29. The number of benzene rings is 2. The first-order valence-corrected chi connectivity index (χ1v) is 6.71. The van der Waals surface area contributed by atoms with Gasteiger partial charge in [0.05, 0.1) is 19.6 Å². The lowest BCUT2D eigenvalue weighted by atomic mass is 10.1. The predicted octanol–water partition coefficient (Wildman–Crippen LogP) is 3.38. The first kappa shape index (κ1) is 15.3. The lowest BCUT2D eigenvalue weighted by molar-refractivity contribution is -0.133. The number of hydrogen-bond acceptors (Lipinski definition) is 4. The molecule has 4 heteroatoms. The summed E-state index contributed by atoms with van der Waals surface area (Å²) in [7, 11) is 1.50. The van der Waals surface area contributed by atoms with E-state index in [1.165, 1.54) is 13.2 Å². The van der Waals surface area contributed by atoms with Gasteiger partial charge in [-0.3, -0.25) is 4.79 Å². The summed E-state index contributed by atoms with van der Waals surface area (Å²) >= 11 is 0. The van der Waals surface area contributed by atoms with Crippen LogP contribution in [0.2, 0.25) is 0 Å². The van der Waals surface area contributed by atoms with Gasteiger partial charge in [-0.1, -0.05) is 36.4 Å². The van der Waals surface area contributed by atoms with Crippen molar-refractivity contribution < 1.29 is 14.3 Å². The lowest BCUT2D eigenvalue weighted by Gasteiger charge is -2.10. The maximum Gasteiger partial charge on any atom is 0.315 e. The molecule has 0 aliphatic heterocycles. The second-order valence-electron chi connectivity index (χ2n) is 4.51. The van der Waals surface area contributed by atoms with Crippen LogP contribution in [-0.2, 0) is 11.2 Å². The zero-order chi connectivity index (χ0) is 15.8. The Balaban J connectivity index is 2.10. The fourth-order valence-corrected chi connectivity index (χ4v) is 1.93. The number of carbonyl (C=O) groups is 1. The normalized spacial score (nSPS) is 10.2. The fraction of sp³-hybridized carbons (Fsp3) is 0.111. The molecule has 0 saturated heterocycles. The molecule has 0 aromatic heterocycles. The van der Waals surface area contributed by atoms with Gasteiger partial charge in [-0.15, -0.1) is 0 Å². The van der Waals surface area contributed by atoms with Crippen molar-refractivity contribution in [3.8, 4) is 17.6 Å². The average Bonchev–Trinajstić information content (AvgIpc) is 2.54. The van der Waals surface area contributed by atoms with Crippen molar-refractivity contribution in [2.75, 3.05) is 7.11 Å². The number of nitriles is 1. The monoisotopic (exact) mass is 293 g/mol. The highest BCUT2D eigenvalue weighted by atomic mass is 16.6. The molecule has 110 valence electrons. The molecule has 0 spiro atoms. The standard InChI is InChI=1S/C18H15NO3/c1-21-17-12-15(8-5-11-19)9-10-16(17)22-18(20)13-14-6-3-2-4-7-14/h2-10,12H,13H2,1H3/b8-5-. The Bertz CT molecular complexity index is 715. The van der Waals surface area contributed by atoms with Gasteiger partial charge in [-0.2, -0.15) is 5.26 Å². The maximum atomic E-state index is 12.0. The zero-order valence-corrected chi connectivity index (χ0v) is 12.2. The molecule has 2 rings (SSSR count). The van der Waals surface area contributed by atoms with E-state index in [-0.39, 0.29) is 12.4 Å². The summed E-state index contributed by atoms with van der Waals surface area (Å²) in [4.78, 5) is 12.0. The smallest absolute Gasteiger partial charge is 0.315 e. The fourth-order valence-electron chi connectivity index (χ4n) is 1.93. The quantitative estimate of drug-likeness (QED) is 0.482. The third-order valence-electron chi connectivity index (χ3n) is 2.95. The Morgan fingerprint density at radius 3 is 2.64 bits per heavy atom. The maximum absolute atomic E-state index is 12.0. The number of methoxy groups -OCH3 is 1. The van der Waals surface area contributed by atoms with Crippen LogP contribution < -0.4 is 9.47 Å². The van der Waals surface area contributed by atoms with Crippen LogP contribution in [0, 0.1) is 11.3 Å². The van der Waals surface area contributed by atoms with Crippen LogP contribution in [0.5, 0.6) is 11.5 Å². The van der Waals surface area contributed by atoms with Crippen LogP contribution in [0.4, 0.5) is 0 Å². The molecule has 0 N–H and O–H groups in total. The van der Waals surface area contributed by atoms with E-state index in [0.29, 0.717) is 11.5 Å². The topological polar surface area (TPSA) is 59.3 Å². The third-order valence-corrected chi connectivity index (χ3v) is 2.95. The van der Waals surface area contributed by atoms with Crippen LogP contribution >= 0.6 is 0 Å². The van der Waals surface area contributed by atoms with Crippen LogP contribution in [-0.4, -0.2) is 13.1 Å². The van der Waals surface area contributed by atoms with E-state index >= 15 is 0 Å². The van der Waals surface area contributed by atoms with Crippen molar-refractivity contribution in [1.29, 1.82) is 5.26 Å². The number of esters is 1. The first-order valence-electron chi connectivity index (χ1n) is 6.71. The van der Waals surface area contributed by atoms with Crippen LogP contribution in [0.3, 0.4) is 0 Å². The third kappa shape index (κ3) is 4.22. The van der Waals surface area contributed by atoms with Gasteiger partial charge in [0, 0.05) is 6.08 Å². The van der Waals surface area contributed by atoms with E-state index in [1.807, 2.05) is 36.4 Å². The molecule has 0 unspecified atom stereocenters. The van der Waals surface area contributed by atoms with E-state index in [4.69, 9.17) is 14.7 Å². The van der Waals surface area contributed by atoms with Gasteiger partial charge in [0.25, 0.3) is 0 Å². The number of allylic oxidation sites excluding steroid dienone is 1. The molecule has 0 bridgehead atoms. The van der Waals surface area contributed by atoms with Crippen molar-refractivity contribution in [2.24, 2.45) is 0 Å². The van der Waals surface area contributed by atoms with Crippen molar-refractivity contribution in [3.63, 3.8) is 0 Å². The molecule has 0 amide bonds. The largest absolute Gasteiger partial charge is 0.493 e. The van der Waals surface area contributed by atoms with Crippen molar-refractivity contribution in [2.45, 2.75) is 6.42 Å². The minimum atomic E-state index is -0.357. The van der Waals surface area contributed by atoms with Gasteiger partial charge in [0.2, 0.25) is 0 Å². The Morgan fingerprint density at radius 1 is 1.18 bits per heavy atom. The van der Waals surface area contributed by atoms with Crippen LogP contribution in [0.25, 0.3) is 6.08 Å². The van der Waals surface area contributed by atoms with Crippen LogP contribution in [0.1, 0.15) is 11.1 Å². The van der Waals surface area contributed by atoms with Gasteiger partial charge < -0.3 is 9.47 Å². The Kier molecular flexibility index (Phi) is 5.33. The summed E-state index contributed by atoms with van der Waals surface area (Å²) in [6, 6.07) is 16.4. The number of hydrogen-bond donors (Lipinski definition) is 0. The minimum Gasteiger partial charge on any atom is -0.493 e. The average molecular weight is 293 g/mol.